The fraction of sp³-hybridized carbons (Fsp3) is 0.667. The van der Waals surface area contributed by atoms with E-state index in [1.165, 1.54) is 26.1 Å². The summed E-state index contributed by atoms with van der Waals surface area (Å²) in [5, 5.41) is 16.9. The summed E-state index contributed by atoms with van der Waals surface area (Å²) < 4.78 is 1.82. The van der Waals surface area contributed by atoms with Crippen LogP contribution in [0, 0.1) is 24.2 Å². The molecule has 1 aliphatic carbocycles. The van der Waals surface area contributed by atoms with Crippen LogP contribution in [-0.2, 0) is 13.6 Å². The molecule has 2 fully saturated rings. The summed E-state index contributed by atoms with van der Waals surface area (Å²) in [4.78, 5) is 2.64. The van der Waals surface area contributed by atoms with Crippen LogP contribution in [0.25, 0.3) is 11.3 Å². The van der Waals surface area contributed by atoms with Crippen molar-refractivity contribution in [3.63, 3.8) is 0 Å². The lowest BCUT2D eigenvalue weighted by Crippen LogP contribution is -2.33. The number of nitrogens with zero attached hydrogens (tertiary/aromatic N) is 5. The Morgan fingerprint density at radius 1 is 1.15 bits per heavy atom. The fourth-order valence-corrected chi connectivity index (χ4v) is 4.26. The number of nitrogens with one attached hydrogen (secondary N) is 1. The molecule has 0 radical (unpaired) electrons. The molecule has 2 aliphatic rings. The van der Waals surface area contributed by atoms with Gasteiger partial charge in [-0.3, -0.25) is 4.68 Å². The number of piperidine rings is 1. The Balaban J connectivity index is 1.24. The maximum atomic E-state index is 4.41. The molecule has 0 amide bonds. The molecule has 1 N–H and O–H groups in total. The monoisotopic (exact) mass is 368 g/mol. The van der Waals surface area contributed by atoms with E-state index in [0.29, 0.717) is 11.5 Å². The number of rotatable bonds is 6. The van der Waals surface area contributed by atoms with Crippen molar-refractivity contribution in [2.45, 2.75) is 46.7 Å². The smallest absolute Gasteiger partial charge is 0.0964 e. The van der Waals surface area contributed by atoms with E-state index in [1.54, 1.807) is 0 Å². The van der Waals surface area contributed by atoms with Gasteiger partial charge in [0.1, 0.15) is 0 Å². The van der Waals surface area contributed by atoms with Crippen molar-refractivity contribution >= 4 is 0 Å². The van der Waals surface area contributed by atoms with Gasteiger partial charge in [0.05, 0.1) is 17.1 Å². The first-order chi connectivity index (χ1) is 12.8. The van der Waals surface area contributed by atoms with Crippen LogP contribution in [0.3, 0.4) is 0 Å². The molecule has 4 rings (SSSR count). The second kappa shape index (κ2) is 6.99. The van der Waals surface area contributed by atoms with Crippen molar-refractivity contribution in [3.05, 3.63) is 29.7 Å². The molecule has 0 aromatic carbocycles. The lowest BCUT2D eigenvalue weighted by Gasteiger charge is -2.25. The van der Waals surface area contributed by atoms with Gasteiger partial charge in [-0.25, -0.2) is 0 Å². The van der Waals surface area contributed by atoms with Gasteiger partial charge < -0.3 is 10.2 Å². The Morgan fingerprint density at radius 2 is 1.89 bits per heavy atom. The molecule has 3 heterocycles. The van der Waals surface area contributed by atoms with Crippen molar-refractivity contribution in [1.29, 1.82) is 0 Å². The van der Waals surface area contributed by atoms with E-state index in [-0.39, 0.29) is 0 Å². The molecule has 6 heteroatoms. The molecule has 27 heavy (non-hydrogen) atoms. The van der Waals surface area contributed by atoms with Crippen LogP contribution < -0.4 is 5.32 Å². The van der Waals surface area contributed by atoms with E-state index in [1.807, 2.05) is 24.9 Å². The summed E-state index contributed by atoms with van der Waals surface area (Å²) in [6.45, 7) is 13.5. The van der Waals surface area contributed by atoms with Gasteiger partial charge >= 0.3 is 0 Å². The third-order valence-electron chi connectivity index (χ3n) is 5.98. The van der Waals surface area contributed by atoms with Gasteiger partial charge in [-0.1, -0.05) is 20.8 Å². The van der Waals surface area contributed by atoms with E-state index < -0.39 is 0 Å². The van der Waals surface area contributed by atoms with E-state index in [0.717, 1.165) is 41.0 Å². The Bertz CT molecular complexity index is 776. The Hall–Kier alpha value is -1.79. The van der Waals surface area contributed by atoms with E-state index in [2.05, 4.69) is 58.4 Å². The second-order valence-corrected chi connectivity index (χ2v) is 9.52. The van der Waals surface area contributed by atoms with Gasteiger partial charge in [-0.2, -0.15) is 15.3 Å². The molecule has 146 valence electrons. The van der Waals surface area contributed by atoms with E-state index in [9.17, 15) is 0 Å². The van der Waals surface area contributed by atoms with E-state index in [4.69, 9.17) is 0 Å². The highest BCUT2D eigenvalue weighted by Crippen LogP contribution is 2.45. The normalized spacial score (nSPS) is 25.0. The number of aromatic nitrogens is 4. The molecule has 2 aromatic rings. The third-order valence-corrected chi connectivity index (χ3v) is 5.98. The molecule has 1 saturated heterocycles. The molecule has 1 saturated carbocycles. The molecule has 2 aromatic heterocycles. The molecule has 0 spiro atoms. The van der Waals surface area contributed by atoms with Crippen LogP contribution in [0.15, 0.2) is 18.3 Å². The highest BCUT2D eigenvalue weighted by molar-refractivity contribution is 5.60. The highest BCUT2D eigenvalue weighted by atomic mass is 15.3. The maximum Gasteiger partial charge on any atom is 0.0964 e. The molecule has 1 aliphatic heterocycles. The Kier molecular flexibility index (Phi) is 4.80. The van der Waals surface area contributed by atoms with Gasteiger partial charge in [0.15, 0.2) is 0 Å². The predicted molar refractivity (Wildman–Crippen MR) is 107 cm³/mol. The predicted octanol–water partition coefficient (Wildman–Crippen LogP) is 2.64. The van der Waals surface area contributed by atoms with Crippen LogP contribution in [-0.4, -0.2) is 50.6 Å². The number of likely N-dealkylation sites (tertiary alicyclic amines) is 1. The van der Waals surface area contributed by atoms with Gasteiger partial charge in [-0.05, 0) is 49.3 Å². The zero-order valence-electron chi connectivity index (χ0n) is 17.2. The maximum absolute atomic E-state index is 4.41. The van der Waals surface area contributed by atoms with Crippen molar-refractivity contribution < 1.29 is 0 Å². The average molecular weight is 369 g/mol. The summed E-state index contributed by atoms with van der Waals surface area (Å²) in [5.74, 6) is 1.66. The third kappa shape index (κ3) is 4.22. The van der Waals surface area contributed by atoms with Crippen molar-refractivity contribution in [2.24, 2.45) is 24.3 Å². The zero-order valence-corrected chi connectivity index (χ0v) is 17.2. The minimum absolute atomic E-state index is 0.434. The first-order valence-corrected chi connectivity index (χ1v) is 10.1. The summed E-state index contributed by atoms with van der Waals surface area (Å²) >= 11 is 0. The number of hydrogen-bond acceptors (Lipinski definition) is 5. The molecular weight excluding hydrogens is 336 g/mol. The summed E-state index contributed by atoms with van der Waals surface area (Å²) in [7, 11) is 1.93. The van der Waals surface area contributed by atoms with Crippen LogP contribution in [0.2, 0.25) is 0 Å². The largest absolute Gasteiger partial charge is 0.308 e. The van der Waals surface area contributed by atoms with Crippen LogP contribution >= 0.6 is 0 Å². The van der Waals surface area contributed by atoms with Crippen LogP contribution in [0.4, 0.5) is 0 Å². The quantitative estimate of drug-likeness (QED) is 0.849. The molecule has 0 unspecified atom stereocenters. The number of fused-ring (bicyclic) bond motifs is 1. The molecular formula is C21H32N6. The highest BCUT2D eigenvalue weighted by Gasteiger charge is 2.55. The van der Waals surface area contributed by atoms with Crippen LogP contribution in [0.1, 0.15) is 38.6 Å². The lowest BCUT2D eigenvalue weighted by atomic mass is 9.92. The summed E-state index contributed by atoms with van der Waals surface area (Å²) in [5.41, 5.74) is 4.37. The first kappa shape index (κ1) is 18.6. The summed E-state index contributed by atoms with van der Waals surface area (Å²) in [6, 6.07) is 4.80. The molecule has 6 nitrogen and oxygen atoms in total. The standard InChI is InChI=1S/C21H32N6/c1-14-16(11-26(5)25-14)19-7-6-15(23-24-19)10-22-20-17-12-27(13-18(17)20)9-8-21(2,3)4/h6-7,11,17-18,20,22H,8-10,12-13H2,1-5H3/t17-,18+,20+. The second-order valence-electron chi connectivity index (χ2n) is 9.52. The van der Waals surface area contributed by atoms with E-state index >= 15 is 0 Å². The van der Waals surface area contributed by atoms with Gasteiger partial charge in [0.2, 0.25) is 0 Å². The SMILES string of the molecule is Cc1nn(C)cc1-c1ccc(CN[C@H]2[C@@H]3CN(CCC(C)(C)C)C[C@@H]32)nn1. The van der Waals surface area contributed by atoms with Gasteiger partial charge in [-0.15, -0.1) is 0 Å². The average Bonchev–Trinajstić information content (AvgIpc) is 2.92. The van der Waals surface area contributed by atoms with Crippen LogP contribution in [0.5, 0.6) is 0 Å². The van der Waals surface area contributed by atoms with Crippen molar-refractivity contribution in [1.82, 2.24) is 30.2 Å². The Morgan fingerprint density at radius 3 is 2.44 bits per heavy atom. The van der Waals surface area contributed by atoms with Crippen molar-refractivity contribution in [3.8, 4) is 11.3 Å². The molecule has 3 atom stereocenters. The van der Waals surface area contributed by atoms with Gasteiger partial charge in [0, 0.05) is 44.5 Å². The Labute approximate surface area is 162 Å². The minimum atomic E-state index is 0.434. The first-order valence-electron chi connectivity index (χ1n) is 10.1. The fourth-order valence-electron chi connectivity index (χ4n) is 4.26. The minimum Gasteiger partial charge on any atom is -0.308 e. The summed E-state index contributed by atoms with van der Waals surface area (Å²) in [6.07, 6.45) is 3.27. The lowest BCUT2D eigenvalue weighted by molar-refractivity contribution is 0.239. The van der Waals surface area contributed by atoms with Gasteiger partial charge in [0.25, 0.3) is 0 Å². The number of aryl methyl sites for hydroxylation is 2. The van der Waals surface area contributed by atoms with Crippen molar-refractivity contribution in [2.75, 3.05) is 19.6 Å². The zero-order chi connectivity index (χ0) is 19.2. The number of hydrogen-bond donors (Lipinski definition) is 1. The molecule has 0 bridgehead atoms. The topological polar surface area (TPSA) is 58.9 Å².